The van der Waals surface area contributed by atoms with Crippen LogP contribution in [-0.2, 0) is 0 Å². The van der Waals surface area contributed by atoms with Crippen LogP contribution in [0.15, 0.2) is 100 Å². The fourth-order valence-corrected chi connectivity index (χ4v) is 3.67. The summed E-state index contributed by atoms with van der Waals surface area (Å²) in [5.74, 6) is 2.71. The number of ether oxygens (including phenoxy) is 2. The molecule has 0 aliphatic heterocycles. The molecule has 6 heteroatoms. The molecule has 4 N–H and O–H groups in total. The van der Waals surface area contributed by atoms with E-state index in [1.54, 1.807) is 73.7 Å². The zero-order valence-electron chi connectivity index (χ0n) is 18.4. The van der Waals surface area contributed by atoms with Crippen molar-refractivity contribution in [2.45, 2.75) is 6.92 Å². The predicted molar refractivity (Wildman–Crippen MR) is 135 cm³/mol. The van der Waals surface area contributed by atoms with Crippen LogP contribution >= 0.6 is 0 Å². The van der Waals surface area contributed by atoms with Gasteiger partial charge in [0.2, 0.25) is 0 Å². The minimum atomic E-state index is -0.0808. The lowest BCUT2D eigenvalue weighted by molar-refractivity contribution is 0.460. The maximum absolute atomic E-state index is 13.0. The quantitative estimate of drug-likeness (QED) is 0.296. The Bertz CT molecular complexity index is 1470. The summed E-state index contributed by atoms with van der Waals surface area (Å²) >= 11 is 0. The first-order valence-electron chi connectivity index (χ1n) is 10.7. The zero-order valence-corrected chi connectivity index (χ0v) is 18.4. The van der Waals surface area contributed by atoms with Gasteiger partial charge in [-0.25, -0.2) is 0 Å². The van der Waals surface area contributed by atoms with E-state index in [4.69, 9.17) is 25.4 Å². The van der Waals surface area contributed by atoms with Gasteiger partial charge in [0.1, 0.15) is 34.3 Å². The summed E-state index contributed by atoms with van der Waals surface area (Å²) in [4.78, 5) is 13.0. The van der Waals surface area contributed by atoms with Crippen molar-refractivity contribution in [2.24, 2.45) is 0 Å². The Morgan fingerprint density at radius 3 is 1.76 bits per heavy atom. The lowest BCUT2D eigenvalue weighted by Crippen LogP contribution is -2.07. The SMILES string of the molecule is Cc1c(-c2cc(Oc3ccc(N)cc3)cc(Oc3ccc(N)cc3)c2)oc2ccccc2c1=O. The maximum atomic E-state index is 13.0. The highest BCUT2D eigenvalue weighted by Crippen LogP contribution is 2.36. The molecular weight excluding hydrogens is 428 g/mol. The first-order chi connectivity index (χ1) is 16.5. The molecule has 1 heterocycles. The number of hydrogen-bond acceptors (Lipinski definition) is 6. The highest BCUT2D eigenvalue weighted by atomic mass is 16.5. The number of fused-ring (bicyclic) bond motifs is 1. The number of hydrogen-bond donors (Lipinski definition) is 2. The topological polar surface area (TPSA) is 101 Å². The van der Waals surface area contributed by atoms with Crippen molar-refractivity contribution in [3.63, 3.8) is 0 Å². The molecule has 168 valence electrons. The minimum Gasteiger partial charge on any atom is -0.457 e. The van der Waals surface area contributed by atoms with Crippen LogP contribution in [0.5, 0.6) is 23.0 Å². The summed E-state index contributed by atoms with van der Waals surface area (Å²) in [6.07, 6.45) is 0. The molecule has 5 rings (SSSR count). The Morgan fingerprint density at radius 1 is 0.676 bits per heavy atom. The normalized spacial score (nSPS) is 10.9. The van der Waals surface area contributed by atoms with E-state index in [9.17, 15) is 4.79 Å². The highest BCUT2D eigenvalue weighted by Gasteiger charge is 2.15. The highest BCUT2D eigenvalue weighted by molar-refractivity contribution is 5.80. The molecule has 0 amide bonds. The molecule has 0 spiro atoms. The van der Waals surface area contributed by atoms with Crippen LogP contribution in [0.25, 0.3) is 22.3 Å². The Kier molecular flexibility index (Phi) is 5.40. The van der Waals surface area contributed by atoms with Gasteiger partial charge in [-0.2, -0.15) is 0 Å². The van der Waals surface area contributed by atoms with E-state index in [0.29, 0.717) is 62.2 Å². The monoisotopic (exact) mass is 450 g/mol. The zero-order chi connectivity index (χ0) is 23.7. The van der Waals surface area contributed by atoms with Crippen LogP contribution in [0.4, 0.5) is 11.4 Å². The summed E-state index contributed by atoms with van der Waals surface area (Å²) in [6, 6.07) is 26.8. The van der Waals surface area contributed by atoms with Crippen LogP contribution < -0.4 is 26.4 Å². The Balaban J connectivity index is 1.63. The Morgan fingerprint density at radius 2 is 1.21 bits per heavy atom. The number of rotatable bonds is 5. The molecule has 4 aromatic carbocycles. The molecule has 0 atom stereocenters. The molecular formula is C28H22N2O4. The summed E-state index contributed by atoms with van der Waals surface area (Å²) in [6.45, 7) is 1.75. The minimum absolute atomic E-state index is 0.0808. The van der Waals surface area contributed by atoms with E-state index in [0.717, 1.165) is 0 Å². The van der Waals surface area contributed by atoms with Crippen molar-refractivity contribution < 1.29 is 13.9 Å². The molecule has 5 aromatic rings. The summed E-state index contributed by atoms with van der Waals surface area (Å²) in [5.41, 5.74) is 14.4. The second-order valence-electron chi connectivity index (χ2n) is 7.92. The fraction of sp³-hybridized carbons (Fsp3) is 0.0357. The maximum Gasteiger partial charge on any atom is 0.196 e. The summed E-state index contributed by atoms with van der Waals surface area (Å²) in [5, 5.41) is 0.538. The van der Waals surface area contributed by atoms with E-state index >= 15 is 0 Å². The van der Waals surface area contributed by atoms with Gasteiger partial charge in [-0.3, -0.25) is 4.79 Å². The smallest absolute Gasteiger partial charge is 0.196 e. The lowest BCUT2D eigenvalue weighted by atomic mass is 10.0. The van der Waals surface area contributed by atoms with Gasteiger partial charge in [-0.05, 0) is 79.7 Å². The summed E-state index contributed by atoms with van der Waals surface area (Å²) in [7, 11) is 0. The van der Waals surface area contributed by atoms with Crippen LogP contribution in [0.1, 0.15) is 5.56 Å². The van der Waals surface area contributed by atoms with Gasteiger partial charge in [0, 0.05) is 28.6 Å². The van der Waals surface area contributed by atoms with Crippen LogP contribution in [-0.4, -0.2) is 0 Å². The van der Waals surface area contributed by atoms with Gasteiger partial charge in [0.15, 0.2) is 5.43 Å². The van der Waals surface area contributed by atoms with E-state index in [1.165, 1.54) is 0 Å². The van der Waals surface area contributed by atoms with Crippen LogP contribution in [0, 0.1) is 6.92 Å². The number of nitrogen functional groups attached to an aromatic ring is 2. The molecule has 34 heavy (non-hydrogen) atoms. The van der Waals surface area contributed by atoms with E-state index < -0.39 is 0 Å². The van der Waals surface area contributed by atoms with Crippen molar-refractivity contribution >= 4 is 22.3 Å². The van der Waals surface area contributed by atoms with Gasteiger partial charge >= 0.3 is 0 Å². The van der Waals surface area contributed by atoms with Crippen LogP contribution in [0.2, 0.25) is 0 Å². The van der Waals surface area contributed by atoms with Crippen molar-refractivity contribution in [3.8, 4) is 34.3 Å². The predicted octanol–water partition coefficient (Wildman–Crippen LogP) is 6.52. The molecule has 6 nitrogen and oxygen atoms in total. The first-order valence-corrected chi connectivity index (χ1v) is 10.7. The molecule has 0 aliphatic carbocycles. The molecule has 0 fully saturated rings. The lowest BCUT2D eigenvalue weighted by Gasteiger charge is -2.13. The molecule has 0 saturated heterocycles. The Hall–Kier alpha value is -4.71. The fourth-order valence-electron chi connectivity index (χ4n) is 3.67. The Labute approximate surface area is 196 Å². The van der Waals surface area contributed by atoms with Crippen LogP contribution in [0.3, 0.4) is 0 Å². The average molecular weight is 450 g/mol. The standard InChI is InChI=1S/C28H22N2O4/c1-17-27(31)25-4-2-3-5-26(25)34-28(17)18-14-23(32-21-10-6-19(29)7-11-21)16-24(15-18)33-22-12-8-20(30)9-13-22/h2-16H,29-30H2,1H3. The van der Waals surface area contributed by atoms with E-state index in [1.807, 2.05) is 24.3 Å². The van der Waals surface area contributed by atoms with Gasteiger partial charge < -0.3 is 25.4 Å². The summed E-state index contributed by atoms with van der Waals surface area (Å²) < 4.78 is 18.3. The molecule has 0 bridgehead atoms. The van der Waals surface area contributed by atoms with Gasteiger partial charge in [0.25, 0.3) is 0 Å². The van der Waals surface area contributed by atoms with Crippen molar-refractivity contribution in [1.29, 1.82) is 0 Å². The molecule has 0 aliphatic rings. The largest absolute Gasteiger partial charge is 0.457 e. The number of anilines is 2. The average Bonchev–Trinajstić information content (AvgIpc) is 2.84. The second kappa shape index (κ2) is 8.67. The number of benzene rings is 4. The third-order valence-electron chi connectivity index (χ3n) is 5.40. The van der Waals surface area contributed by atoms with Gasteiger partial charge in [-0.15, -0.1) is 0 Å². The van der Waals surface area contributed by atoms with Crippen molar-refractivity contribution in [1.82, 2.24) is 0 Å². The third-order valence-corrected chi connectivity index (χ3v) is 5.40. The number of nitrogens with two attached hydrogens (primary N) is 2. The number of para-hydroxylation sites is 1. The third kappa shape index (κ3) is 4.29. The van der Waals surface area contributed by atoms with E-state index in [2.05, 4.69) is 0 Å². The first kappa shape index (κ1) is 21.2. The molecule has 0 radical (unpaired) electrons. The molecule has 0 unspecified atom stereocenters. The van der Waals surface area contributed by atoms with Gasteiger partial charge in [-0.1, -0.05) is 12.1 Å². The van der Waals surface area contributed by atoms with Crippen molar-refractivity contribution in [3.05, 3.63) is 107 Å². The van der Waals surface area contributed by atoms with E-state index in [-0.39, 0.29) is 5.43 Å². The second-order valence-corrected chi connectivity index (χ2v) is 7.92. The molecule has 1 aromatic heterocycles. The molecule has 0 saturated carbocycles. The van der Waals surface area contributed by atoms with Crippen molar-refractivity contribution in [2.75, 3.05) is 11.5 Å². The van der Waals surface area contributed by atoms with Gasteiger partial charge in [0.05, 0.1) is 5.39 Å².